The third-order valence-corrected chi connectivity index (χ3v) is 6.54. The van der Waals surface area contributed by atoms with Crippen LogP contribution in [0, 0.1) is 6.92 Å². The van der Waals surface area contributed by atoms with Crippen LogP contribution in [-0.4, -0.2) is 22.6 Å². The van der Waals surface area contributed by atoms with E-state index < -0.39 is 5.97 Å². The minimum Gasteiger partial charge on any atom is -0.459 e. The molecule has 0 bridgehead atoms. The molecule has 6 nitrogen and oxygen atoms in total. The summed E-state index contributed by atoms with van der Waals surface area (Å²) in [5, 5.41) is 2.29. The molecule has 0 spiro atoms. The van der Waals surface area contributed by atoms with E-state index in [2.05, 4.69) is 4.98 Å². The van der Waals surface area contributed by atoms with Crippen LogP contribution in [0.15, 0.2) is 47.8 Å². The normalized spacial score (nSPS) is 12.3. The van der Waals surface area contributed by atoms with Crippen LogP contribution in [0.2, 0.25) is 0 Å². The summed E-state index contributed by atoms with van der Waals surface area (Å²) in [5.74, 6) is -0.641. The van der Waals surface area contributed by atoms with Gasteiger partial charge in [-0.25, -0.2) is 4.98 Å². The summed E-state index contributed by atoms with van der Waals surface area (Å²) < 4.78 is 5.32. The fourth-order valence-electron chi connectivity index (χ4n) is 3.99. The zero-order valence-electron chi connectivity index (χ0n) is 18.8. The van der Waals surface area contributed by atoms with Crippen molar-refractivity contribution in [3.8, 4) is 0 Å². The largest absolute Gasteiger partial charge is 0.459 e. The van der Waals surface area contributed by atoms with Crippen molar-refractivity contribution in [2.45, 2.75) is 52.6 Å². The molecule has 1 amide bonds. The van der Waals surface area contributed by atoms with Gasteiger partial charge in [-0.05, 0) is 61.1 Å². The number of thiazole rings is 1. The standard InChI is InChI=1S/C26H26N2O4S/c1-17-5-3-8-23(13-17)28(18(2)29)26-27-22(16-33-26)15-32-25(31)12-11-24(30)21-10-9-19-6-4-7-20(19)14-21/h3,5,8-10,13-14,16H,4,6-7,11-12,15H2,1-2H3. The highest BCUT2D eigenvalue weighted by Crippen LogP contribution is 2.29. The molecule has 1 aliphatic carbocycles. The Bertz CT molecular complexity index is 1200. The number of amides is 1. The van der Waals surface area contributed by atoms with E-state index in [9.17, 15) is 14.4 Å². The number of nitrogens with zero attached hydrogens (tertiary/aromatic N) is 2. The van der Waals surface area contributed by atoms with Gasteiger partial charge < -0.3 is 4.74 Å². The lowest BCUT2D eigenvalue weighted by Gasteiger charge is -2.18. The number of carbonyl (C=O) groups excluding carboxylic acids is 3. The number of hydrogen-bond donors (Lipinski definition) is 0. The number of Topliss-reactive ketones (excluding diaryl/α,β-unsaturated/α-hetero) is 1. The van der Waals surface area contributed by atoms with Crippen LogP contribution < -0.4 is 4.90 Å². The summed E-state index contributed by atoms with van der Waals surface area (Å²) in [6, 6.07) is 13.5. The second-order valence-corrected chi connectivity index (χ2v) is 9.07. The van der Waals surface area contributed by atoms with Crippen molar-refractivity contribution in [2.75, 3.05) is 4.90 Å². The van der Waals surface area contributed by atoms with Gasteiger partial charge in [-0.1, -0.05) is 24.3 Å². The Kier molecular flexibility index (Phi) is 6.99. The Hall–Kier alpha value is -3.32. The summed E-state index contributed by atoms with van der Waals surface area (Å²) in [6.07, 6.45) is 3.36. The van der Waals surface area contributed by atoms with E-state index in [1.807, 2.05) is 49.4 Å². The van der Waals surface area contributed by atoms with Crippen LogP contribution >= 0.6 is 11.3 Å². The van der Waals surface area contributed by atoms with Gasteiger partial charge in [0.1, 0.15) is 6.61 Å². The zero-order chi connectivity index (χ0) is 23.4. The van der Waals surface area contributed by atoms with Crippen LogP contribution in [0.3, 0.4) is 0 Å². The molecule has 2 aromatic carbocycles. The second kappa shape index (κ2) is 10.1. The highest BCUT2D eigenvalue weighted by atomic mass is 32.1. The Morgan fingerprint density at radius 3 is 2.67 bits per heavy atom. The van der Waals surface area contributed by atoms with Crippen LogP contribution in [-0.2, 0) is 33.8 Å². The third-order valence-electron chi connectivity index (χ3n) is 5.66. The van der Waals surface area contributed by atoms with Gasteiger partial charge >= 0.3 is 5.97 Å². The first-order valence-electron chi connectivity index (χ1n) is 11.0. The molecular weight excluding hydrogens is 436 g/mol. The summed E-state index contributed by atoms with van der Waals surface area (Å²) in [5.41, 5.74) is 5.57. The van der Waals surface area contributed by atoms with Crippen molar-refractivity contribution < 1.29 is 19.1 Å². The zero-order valence-corrected chi connectivity index (χ0v) is 19.6. The van der Waals surface area contributed by atoms with Gasteiger partial charge in [0.15, 0.2) is 10.9 Å². The molecule has 0 N–H and O–H groups in total. The van der Waals surface area contributed by atoms with Crippen molar-refractivity contribution >= 4 is 39.8 Å². The number of fused-ring (bicyclic) bond motifs is 1. The molecular formula is C26H26N2O4S. The molecule has 1 heterocycles. The molecule has 0 atom stereocenters. The lowest BCUT2D eigenvalue weighted by atomic mass is 10.0. The number of esters is 1. The van der Waals surface area contributed by atoms with Crippen molar-refractivity contribution in [2.24, 2.45) is 0 Å². The Morgan fingerprint density at radius 2 is 1.88 bits per heavy atom. The fraction of sp³-hybridized carbons (Fsp3) is 0.308. The maximum atomic E-state index is 12.5. The minimum atomic E-state index is -0.443. The summed E-state index contributed by atoms with van der Waals surface area (Å²) in [4.78, 5) is 42.9. The van der Waals surface area contributed by atoms with E-state index in [-0.39, 0.29) is 31.1 Å². The van der Waals surface area contributed by atoms with E-state index >= 15 is 0 Å². The minimum absolute atomic E-state index is 0.00192. The molecule has 0 saturated heterocycles. The van der Waals surface area contributed by atoms with Crippen LogP contribution in [0.4, 0.5) is 10.8 Å². The van der Waals surface area contributed by atoms with Gasteiger partial charge in [-0.2, -0.15) is 0 Å². The number of benzene rings is 2. The number of rotatable bonds is 8. The van der Waals surface area contributed by atoms with Gasteiger partial charge in [0.2, 0.25) is 5.91 Å². The van der Waals surface area contributed by atoms with Crippen molar-refractivity contribution in [1.29, 1.82) is 0 Å². The van der Waals surface area contributed by atoms with E-state index in [0.29, 0.717) is 16.4 Å². The topological polar surface area (TPSA) is 76.6 Å². The third kappa shape index (κ3) is 5.54. The van der Waals surface area contributed by atoms with Gasteiger partial charge in [0, 0.05) is 24.3 Å². The van der Waals surface area contributed by atoms with Crippen molar-refractivity contribution in [3.63, 3.8) is 0 Å². The number of aryl methyl sites for hydroxylation is 3. The number of aromatic nitrogens is 1. The number of ketones is 1. The average molecular weight is 463 g/mol. The molecule has 0 unspecified atom stereocenters. The number of carbonyl (C=O) groups is 3. The lowest BCUT2D eigenvalue weighted by Crippen LogP contribution is -2.22. The Morgan fingerprint density at radius 1 is 1.06 bits per heavy atom. The molecule has 4 rings (SSSR count). The smallest absolute Gasteiger partial charge is 0.306 e. The average Bonchev–Trinajstić information content (AvgIpc) is 3.45. The summed E-state index contributed by atoms with van der Waals surface area (Å²) in [6.45, 7) is 3.45. The molecule has 1 aliphatic rings. The molecule has 1 aromatic heterocycles. The predicted octanol–water partition coefficient (Wildman–Crippen LogP) is 5.33. The number of hydrogen-bond acceptors (Lipinski definition) is 6. The quantitative estimate of drug-likeness (QED) is 0.334. The maximum absolute atomic E-state index is 12.5. The van der Waals surface area contributed by atoms with E-state index in [0.717, 1.165) is 30.5 Å². The van der Waals surface area contributed by atoms with E-state index in [1.54, 1.807) is 5.38 Å². The number of ether oxygens (including phenoxy) is 1. The molecule has 0 fully saturated rings. The van der Waals surface area contributed by atoms with Crippen molar-refractivity contribution in [3.05, 3.63) is 75.8 Å². The fourth-order valence-corrected chi connectivity index (χ4v) is 4.86. The lowest BCUT2D eigenvalue weighted by molar-refractivity contribution is -0.145. The monoisotopic (exact) mass is 462 g/mol. The molecule has 3 aromatic rings. The molecule has 7 heteroatoms. The molecule has 0 aliphatic heterocycles. The SMILES string of the molecule is CC(=O)N(c1cccc(C)c1)c1nc(COC(=O)CCC(=O)c2ccc3c(c2)CCC3)cs1. The van der Waals surface area contributed by atoms with Gasteiger partial charge in [-0.3, -0.25) is 19.3 Å². The van der Waals surface area contributed by atoms with Gasteiger partial charge in [0.05, 0.1) is 17.8 Å². The summed E-state index contributed by atoms with van der Waals surface area (Å²) in [7, 11) is 0. The maximum Gasteiger partial charge on any atom is 0.306 e. The predicted molar refractivity (Wildman–Crippen MR) is 128 cm³/mol. The number of anilines is 2. The van der Waals surface area contributed by atoms with E-state index in [1.165, 1.54) is 34.3 Å². The van der Waals surface area contributed by atoms with E-state index in [4.69, 9.17) is 4.74 Å². The molecule has 170 valence electrons. The van der Waals surface area contributed by atoms with Gasteiger partial charge in [0.25, 0.3) is 0 Å². The second-order valence-electron chi connectivity index (χ2n) is 8.24. The van der Waals surface area contributed by atoms with Crippen molar-refractivity contribution in [1.82, 2.24) is 4.98 Å². The van der Waals surface area contributed by atoms with Crippen LogP contribution in [0.5, 0.6) is 0 Å². The highest BCUT2D eigenvalue weighted by molar-refractivity contribution is 7.14. The Labute approximate surface area is 197 Å². The molecule has 0 saturated carbocycles. The van der Waals surface area contributed by atoms with Gasteiger partial charge in [-0.15, -0.1) is 11.3 Å². The first kappa shape index (κ1) is 22.9. The Balaban J connectivity index is 1.31. The molecule has 0 radical (unpaired) electrons. The first-order chi connectivity index (χ1) is 15.9. The highest BCUT2D eigenvalue weighted by Gasteiger charge is 2.19. The first-order valence-corrected chi connectivity index (χ1v) is 11.9. The van der Waals surface area contributed by atoms with Crippen LogP contribution in [0.25, 0.3) is 0 Å². The van der Waals surface area contributed by atoms with Crippen LogP contribution in [0.1, 0.15) is 58.9 Å². The summed E-state index contributed by atoms with van der Waals surface area (Å²) >= 11 is 1.31. The molecule has 33 heavy (non-hydrogen) atoms.